The number of thiophene rings is 1. The number of carbonyl (C=O) groups excluding carboxylic acids is 1. The fourth-order valence-electron chi connectivity index (χ4n) is 3.11. The normalized spacial score (nSPS) is 10.8. The molecule has 1 N–H and O–H groups in total. The minimum Gasteiger partial charge on any atom is -0.497 e. The van der Waals surface area contributed by atoms with Crippen molar-refractivity contribution in [2.45, 2.75) is 13.1 Å². The average molecular weight is 407 g/mol. The van der Waals surface area contributed by atoms with Crippen LogP contribution in [0.2, 0.25) is 0 Å². The van der Waals surface area contributed by atoms with Crippen LogP contribution in [0.1, 0.15) is 15.5 Å². The quantitative estimate of drug-likeness (QED) is 0.477. The van der Waals surface area contributed by atoms with Crippen molar-refractivity contribution < 1.29 is 14.3 Å². The van der Waals surface area contributed by atoms with Crippen molar-refractivity contribution in [3.63, 3.8) is 0 Å². The molecular weight excluding hydrogens is 386 g/mol. The molecular formula is C22H21N3O3S. The van der Waals surface area contributed by atoms with Crippen LogP contribution in [0.15, 0.2) is 66.0 Å². The molecule has 0 fully saturated rings. The third-order valence-electron chi connectivity index (χ3n) is 4.51. The van der Waals surface area contributed by atoms with Gasteiger partial charge in [-0.05, 0) is 35.7 Å². The molecule has 1 amide bonds. The number of nitrogens with zero attached hydrogens (tertiary/aromatic N) is 2. The van der Waals surface area contributed by atoms with Gasteiger partial charge in [0.15, 0.2) is 0 Å². The number of benzene rings is 2. The molecule has 4 aromatic rings. The van der Waals surface area contributed by atoms with Crippen LogP contribution in [0.3, 0.4) is 0 Å². The van der Waals surface area contributed by atoms with E-state index in [2.05, 4.69) is 9.88 Å². The van der Waals surface area contributed by atoms with Crippen molar-refractivity contribution in [3.8, 4) is 11.5 Å². The van der Waals surface area contributed by atoms with Gasteiger partial charge in [0, 0.05) is 6.07 Å². The molecule has 0 saturated heterocycles. The second kappa shape index (κ2) is 8.79. The molecule has 0 aliphatic heterocycles. The molecule has 2 aromatic heterocycles. The third kappa shape index (κ3) is 4.41. The van der Waals surface area contributed by atoms with Gasteiger partial charge in [-0.25, -0.2) is 4.98 Å². The number of amides is 1. The van der Waals surface area contributed by atoms with Gasteiger partial charge in [0.2, 0.25) is 0 Å². The number of fused-ring (bicyclic) bond motifs is 1. The number of hydrogen-bond donors (Lipinski definition) is 1. The summed E-state index contributed by atoms with van der Waals surface area (Å²) in [6.07, 6.45) is 0. The minimum absolute atomic E-state index is 0.0914. The summed E-state index contributed by atoms with van der Waals surface area (Å²) in [6.45, 7) is 1.44. The molecule has 4 rings (SSSR count). The summed E-state index contributed by atoms with van der Waals surface area (Å²) >= 11 is 1.42. The van der Waals surface area contributed by atoms with Crippen molar-refractivity contribution in [3.05, 3.63) is 76.7 Å². The van der Waals surface area contributed by atoms with E-state index in [1.54, 1.807) is 7.11 Å². The molecule has 0 radical (unpaired) electrons. The fourth-order valence-corrected chi connectivity index (χ4v) is 3.75. The maximum atomic E-state index is 12.3. The van der Waals surface area contributed by atoms with Crippen LogP contribution in [0.5, 0.6) is 11.5 Å². The molecule has 2 aromatic carbocycles. The van der Waals surface area contributed by atoms with E-state index in [9.17, 15) is 4.79 Å². The van der Waals surface area contributed by atoms with E-state index in [4.69, 9.17) is 14.5 Å². The maximum absolute atomic E-state index is 12.3. The van der Waals surface area contributed by atoms with Gasteiger partial charge in [0.05, 0.1) is 36.1 Å². The Morgan fingerprint density at radius 3 is 2.79 bits per heavy atom. The van der Waals surface area contributed by atoms with E-state index in [-0.39, 0.29) is 5.91 Å². The summed E-state index contributed by atoms with van der Waals surface area (Å²) in [5, 5.41) is 4.85. The molecule has 29 heavy (non-hydrogen) atoms. The van der Waals surface area contributed by atoms with Crippen molar-refractivity contribution in [2.24, 2.45) is 0 Å². The molecule has 0 spiro atoms. The molecule has 0 aliphatic rings. The Labute approximate surface area is 172 Å². The summed E-state index contributed by atoms with van der Waals surface area (Å²) in [5.74, 6) is 2.21. The van der Waals surface area contributed by atoms with E-state index >= 15 is 0 Å². The van der Waals surface area contributed by atoms with Crippen LogP contribution in [0.4, 0.5) is 0 Å². The van der Waals surface area contributed by atoms with Gasteiger partial charge < -0.3 is 19.4 Å². The van der Waals surface area contributed by atoms with Crippen LogP contribution >= 0.6 is 11.3 Å². The number of rotatable bonds is 8. The van der Waals surface area contributed by atoms with Crippen molar-refractivity contribution in [1.82, 2.24) is 14.9 Å². The number of aromatic nitrogens is 2. The Bertz CT molecular complexity index is 1110. The van der Waals surface area contributed by atoms with E-state index in [1.807, 2.05) is 66.0 Å². The van der Waals surface area contributed by atoms with Gasteiger partial charge >= 0.3 is 0 Å². The Morgan fingerprint density at radius 2 is 1.97 bits per heavy atom. The summed E-state index contributed by atoms with van der Waals surface area (Å²) in [7, 11) is 1.63. The third-order valence-corrected chi connectivity index (χ3v) is 5.38. The predicted molar refractivity (Wildman–Crippen MR) is 114 cm³/mol. The summed E-state index contributed by atoms with van der Waals surface area (Å²) < 4.78 is 13.2. The zero-order valence-electron chi connectivity index (χ0n) is 16.0. The first-order valence-corrected chi connectivity index (χ1v) is 10.2. The number of para-hydroxylation sites is 2. The Morgan fingerprint density at radius 1 is 1.10 bits per heavy atom. The number of hydrogen-bond acceptors (Lipinski definition) is 5. The summed E-state index contributed by atoms with van der Waals surface area (Å²) in [4.78, 5) is 17.7. The van der Waals surface area contributed by atoms with Crippen LogP contribution in [0, 0.1) is 0 Å². The van der Waals surface area contributed by atoms with Crippen LogP contribution in [0.25, 0.3) is 11.0 Å². The lowest BCUT2D eigenvalue weighted by atomic mass is 10.3. The second-order valence-electron chi connectivity index (χ2n) is 6.36. The molecule has 0 atom stereocenters. The van der Waals surface area contributed by atoms with Gasteiger partial charge in [-0.3, -0.25) is 4.79 Å². The zero-order chi connectivity index (χ0) is 20.1. The van der Waals surface area contributed by atoms with Crippen molar-refractivity contribution in [1.29, 1.82) is 0 Å². The molecule has 2 heterocycles. The zero-order valence-corrected chi connectivity index (χ0v) is 16.8. The smallest absolute Gasteiger partial charge is 0.261 e. The first-order valence-electron chi connectivity index (χ1n) is 9.27. The number of nitrogens with one attached hydrogen (secondary N) is 1. The van der Waals surface area contributed by atoms with Crippen molar-refractivity contribution >= 4 is 28.3 Å². The van der Waals surface area contributed by atoms with Gasteiger partial charge in [-0.15, -0.1) is 11.3 Å². The highest BCUT2D eigenvalue weighted by Crippen LogP contribution is 2.20. The largest absolute Gasteiger partial charge is 0.497 e. The van der Waals surface area contributed by atoms with E-state index in [0.29, 0.717) is 24.6 Å². The summed E-state index contributed by atoms with van der Waals surface area (Å²) in [5.41, 5.74) is 1.91. The topological polar surface area (TPSA) is 65.4 Å². The van der Waals surface area contributed by atoms with E-state index in [1.165, 1.54) is 11.3 Å². The molecule has 7 heteroatoms. The standard InChI is InChI=1S/C22H21N3O3S/c1-27-16-6-4-7-17(14-16)28-12-11-25-19-9-3-2-8-18(19)24-21(25)15-23-22(26)20-10-5-13-29-20/h2-10,13-14H,11-12,15H2,1H3,(H,23,26). The number of imidazole rings is 1. The van der Waals surface area contributed by atoms with Crippen LogP contribution in [-0.2, 0) is 13.1 Å². The molecule has 6 nitrogen and oxygen atoms in total. The number of methoxy groups -OCH3 is 1. The first kappa shape index (κ1) is 19.0. The highest BCUT2D eigenvalue weighted by atomic mass is 32.1. The SMILES string of the molecule is COc1cccc(OCCn2c(CNC(=O)c3cccs3)nc3ccccc32)c1. The Kier molecular flexibility index (Phi) is 5.76. The lowest BCUT2D eigenvalue weighted by Gasteiger charge is -2.12. The maximum Gasteiger partial charge on any atom is 0.261 e. The molecule has 148 valence electrons. The van der Waals surface area contributed by atoms with Gasteiger partial charge in [0.25, 0.3) is 5.91 Å². The fraction of sp³-hybridized carbons (Fsp3) is 0.182. The number of ether oxygens (including phenoxy) is 2. The molecule has 0 saturated carbocycles. The van der Waals surface area contributed by atoms with E-state index in [0.717, 1.165) is 28.4 Å². The lowest BCUT2D eigenvalue weighted by Crippen LogP contribution is -2.24. The van der Waals surface area contributed by atoms with E-state index < -0.39 is 0 Å². The lowest BCUT2D eigenvalue weighted by molar-refractivity contribution is 0.0953. The average Bonchev–Trinajstić information content (AvgIpc) is 3.41. The molecule has 0 bridgehead atoms. The van der Waals surface area contributed by atoms with Crippen molar-refractivity contribution in [2.75, 3.05) is 13.7 Å². The minimum atomic E-state index is -0.0914. The summed E-state index contributed by atoms with van der Waals surface area (Å²) in [6, 6.07) is 19.1. The van der Waals surface area contributed by atoms with Gasteiger partial charge in [0.1, 0.15) is 23.9 Å². The monoisotopic (exact) mass is 407 g/mol. The van der Waals surface area contributed by atoms with Crippen LogP contribution in [-0.4, -0.2) is 29.2 Å². The molecule has 0 aliphatic carbocycles. The first-order chi connectivity index (χ1) is 14.2. The van der Waals surface area contributed by atoms with Gasteiger partial charge in [-0.2, -0.15) is 0 Å². The van der Waals surface area contributed by atoms with Gasteiger partial charge in [-0.1, -0.05) is 24.3 Å². The Balaban J connectivity index is 1.48. The van der Waals surface area contributed by atoms with Crippen LogP contribution < -0.4 is 14.8 Å². The Hall–Kier alpha value is -3.32. The molecule has 0 unspecified atom stereocenters. The number of carbonyl (C=O) groups is 1. The highest BCUT2D eigenvalue weighted by molar-refractivity contribution is 7.12. The second-order valence-corrected chi connectivity index (χ2v) is 7.30. The predicted octanol–water partition coefficient (Wildman–Crippen LogP) is 4.12. The highest BCUT2D eigenvalue weighted by Gasteiger charge is 2.13.